The summed E-state index contributed by atoms with van der Waals surface area (Å²) in [5.41, 5.74) is 2.79. The Kier molecular flexibility index (Phi) is 5.53. The van der Waals surface area contributed by atoms with Crippen molar-refractivity contribution >= 4 is 34.3 Å². The minimum Gasteiger partial charge on any atom is -0.265 e. The second-order valence-corrected chi connectivity index (χ2v) is 8.01. The number of thioether (sulfide) groups is 2. The SMILES string of the molecule is c1ccc2cc(CSc3ccncc3)c(CSc3ccncc3)cc2c1. The summed E-state index contributed by atoms with van der Waals surface area (Å²) in [6, 6.07) is 21.5. The molecule has 2 aromatic carbocycles. The third kappa shape index (κ3) is 4.26. The van der Waals surface area contributed by atoms with Crippen molar-refractivity contribution in [3.63, 3.8) is 0 Å². The number of benzene rings is 2. The number of pyridine rings is 2. The zero-order chi connectivity index (χ0) is 17.6. The summed E-state index contributed by atoms with van der Waals surface area (Å²) in [6.07, 6.45) is 7.40. The Labute approximate surface area is 162 Å². The molecule has 0 saturated carbocycles. The highest BCUT2D eigenvalue weighted by atomic mass is 32.2. The molecule has 2 nitrogen and oxygen atoms in total. The van der Waals surface area contributed by atoms with Gasteiger partial charge in [0.1, 0.15) is 0 Å². The Morgan fingerprint density at radius 3 is 1.42 bits per heavy atom. The smallest absolute Gasteiger partial charge is 0.0278 e. The summed E-state index contributed by atoms with van der Waals surface area (Å²) in [5.74, 6) is 1.92. The van der Waals surface area contributed by atoms with Gasteiger partial charge in [-0.15, -0.1) is 23.5 Å². The monoisotopic (exact) mass is 374 g/mol. The van der Waals surface area contributed by atoms with E-state index >= 15 is 0 Å². The van der Waals surface area contributed by atoms with Crippen LogP contribution in [0.1, 0.15) is 11.1 Å². The van der Waals surface area contributed by atoms with Gasteiger partial charge >= 0.3 is 0 Å². The van der Waals surface area contributed by atoms with E-state index in [2.05, 4.69) is 70.6 Å². The van der Waals surface area contributed by atoms with E-state index in [0.717, 1.165) is 11.5 Å². The van der Waals surface area contributed by atoms with Gasteiger partial charge in [0.2, 0.25) is 0 Å². The first-order valence-electron chi connectivity index (χ1n) is 8.45. The molecule has 128 valence electrons. The maximum absolute atomic E-state index is 4.10. The van der Waals surface area contributed by atoms with E-state index in [1.54, 1.807) is 0 Å². The van der Waals surface area contributed by atoms with Crippen LogP contribution in [0, 0.1) is 0 Å². The van der Waals surface area contributed by atoms with Gasteiger partial charge in [0, 0.05) is 46.1 Å². The molecular formula is C22H18N2S2. The Morgan fingerprint density at radius 2 is 1.00 bits per heavy atom. The van der Waals surface area contributed by atoms with Crippen LogP contribution in [0.5, 0.6) is 0 Å². The lowest BCUT2D eigenvalue weighted by Crippen LogP contribution is -1.92. The number of fused-ring (bicyclic) bond motifs is 1. The molecule has 0 atom stereocenters. The average molecular weight is 375 g/mol. The molecule has 4 rings (SSSR count). The molecule has 0 aliphatic heterocycles. The van der Waals surface area contributed by atoms with Gasteiger partial charge in [0.15, 0.2) is 0 Å². The molecule has 26 heavy (non-hydrogen) atoms. The fourth-order valence-electron chi connectivity index (χ4n) is 2.79. The Hall–Kier alpha value is -2.30. The fourth-order valence-corrected chi connectivity index (χ4v) is 4.60. The van der Waals surface area contributed by atoms with Crippen LogP contribution in [0.3, 0.4) is 0 Å². The molecule has 0 aliphatic rings. The van der Waals surface area contributed by atoms with Crippen LogP contribution in [-0.2, 0) is 11.5 Å². The third-order valence-corrected chi connectivity index (χ3v) is 6.28. The quantitative estimate of drug-likeness (QED) is 0.374. The van der Waals surface area contributed by atoms with Crippen molar-refractivity contribution < 1.29 is 0 Å². The molecular weight excluding hydrogens is 356 g/mol. The lowest BCUT2D eigenvalue weighted by Gasteiger charge is -2.12. The standard InChI is InChI=1S/C22H18N2S2/c1-2-4-18-14-20(16-26-22-7-11-24-12-8-22)19(13-17(18)3-1)15-25-21-5-9-23-10-6-21/h1-14H,15-16H2. The molecule has 0 radical (unpaired) electrons. The minimum absolute atomic E-state index is 0.959. The van der Waals surface area contributed by atoms with Gasteiger partial charge < -0.3 is 0 Å². The summed E-state index contributed by atoms with van der Waals surface area (Å²) in [5, 5.41) is 2.60. The number of nitrogens with zero attached hydrogens (tertiary/aromatic N) is 2. The highest BCUT2D eigenvalue weighted by Gasteiger charge is 2.07. The molecule has 0 amide bonds. The van der Waals surface area contributed by atoms with Gasteiger partial charge in [0.25, 0.3) is 0 Å². The van der Waals surface area contributed by atoms with Gasteiger partial charge in [-0.2, -0.15) is 0 Å². The van der Waals surface area contributed by atoms with Crippen molar-refractivity contribution in [1.82, 2.24) is 9.97 Å². The van der Waals surface area contributed by atoms with Crippen LogP contribution < -0.4 is 0 Å². The Morgan fingerprint density at radius 1 is 0.577 bits per heavy atom. The van der Waals surface area contributed by atoms with E-state index in [1.165, 1.54) is 31.7 Å². The molecule has 0 bridgehead atoms. The van der Waals surface area contributed by atoms with Crippen molar-refractivity contribution in [2.45, 2.75) is 21.3 Å². The molecule has 0 aliphatic carbocycles. The molecule has 4 aromatic rings. The van der Waals surface area contributed by atoms with Gasteiger partial charge in [-0.3, -0.25) is 9.97 Å². The highest BCUT2D eigenvalue weighted by Crippen LogP contribution is 2.31. The van der Waals surface area contributed by atoms with Crippen LogP contribution in [-0.4, -0.2) is 9.97 Å². The molecule has 0 N–H and O–H groups in total. The van der Waals surface area contributed by atoms with E-state index in [4.69, 9.17) is 0 Å². The highest BCUT2D eigenvalue weighted by molar-refractivity contribution is 7.99. The second-order valence-electron chi connectivity index (χ2n) is 5.91. The van der Waals surface area contributed by atoms with Gasteiger partial charge in [-0.1, -0.05) is 36.4 Å². The normalized spacial score (nSPS) is 10.9. The first kappa shape index (κ1) is 17.1. The number of hydrogen-bond donors (Lipinski definition) is 0. The fraction of sp³-hybridized carbons (Fsp3) is 0.0909. The van der Waals surface area contributed by atoms with Crippen LogP contribution in [0.15, 0.2) is 95.2 Å². The predicted molar refractivity (Wildman–Crippen MR) is 112 cm³/mol. The first-order chi connectivity index (χ1) is 12.9. The third-order valence-electron chi connectivity index (χ3n) is 4.16. The summed E-state index contributed by atoms with van der Waals surface area (Å²) in [7, 11) is 0. The molecule has 2 aromatic heterocycles. The van der Waals surface area contributed by atoms with Crippen LogP contribution in [0.25, 0.3) is 10.8 Å². The summed E-state index contributed by atoms with van der Waals surface area (Å²) in [6.45, 7) is 0. The van der Waals surface area contributed by atoms with Crippen LogP contribution in [0.2, 0.25) is 0 Å². The van der Waals surface area contributed by atoms with Crippen molar-refractivity contribution in [2.24, 2.45) is 0 Å². The van der Waals surface area contributed by atoms with Crippen molar-refractivity contribution in [3.8, 4) is 0 Å². The van der Waals surface area contributed by atoms with E-state index in [1.807, 2.05) is 48.3 Å². The van der Waals surface area contributed by atoms with E-state index < -0.39 is 0 Å². The average Bonchev–Trinajstić information content (AvgIpc) is 2.72. The number of hydrogen-bond acceptors (Lipinski definition) is 4. The topological polar surface area (TPSA) is 25.8 Å². The predicted octanol–water partition coefficient (Wildman–Crippen LogP) is 6.21. The minimum atomic E-state index is 0.959. The van der Waals surface area contributed by atoms with Crippen molar-refractivity contribution in [2.75, 3.05) is 0 Å². The Balaban J connectivity index is 1.60. The van der Waals surface area contributed by atoms with Gasteiger partial charge in [-0.25, -0.2) is 0 Å². The Bertz CT molecular complexity index is 907. The van der Waals surface area contributed by atoms with E-state index in [0.29, 0.717) is 0 Å². The zero-order valence-corrected chi connectivity index (χ0v) is 15.8. The number of rotatable bonds is 6. The second kappa shape index (κ2) is 8.39. The number of aromatic nitrogens is 2. The van der Waals surface area contributed by atoms with Crippen molar-refractivity contribution in [1.29, 1.82) is 0 Å². The largest absolute Gasteiger partial charge is 0.265 e. The van der Waals surface area contributed by atoms with E-state index in [9.17, 15) is 0 Å². The molecule has 0 unspecified atom stereocenters. The maximum Gasteiger partial charge on any atom is 0.0278 e. The van der Waals surface area contributed by atoms with Gasteiger partial charge in [0.05, 0.1) is 0 Å². The zero-order valence-electron chi connectivity index (χ0n) is 14.2. The summed E-state index contributed by atoms with van der Waals surface area (Å²) < 4.78 is 0. The molecule has 2 heterocycles. The van der Waals surface area contributed by atoms with Crippen LogP contribution in [0.4, 0.5) is 0 Å². The van der Waals surface area contributed by atoms with Crippen molar-refractivity contribution in [3.05, 3.63) is 96.6 Å². The summed E-state index contributed by atoms with van der Waals surface area (Å²) >= 11 is 3.72. The van der Waals surface area contributed by atoms with E-state index in [-0.39, 0.29) is 0 Å². The maximum atomic E-state index is 4.10. The van der Waals surface area contributed by atoms with Crippen LogP contribution >= 0.6 is 23.5 Å². The van der Waals surface area contributed by atoms with Gasteiger partial charge in [-0.05, 0) is 46.2 Å². The summed E-state index contributed by atoms with van der Waals surface area (Å²) in [4.78, 5) is 10.7. The molecule has 0 spiro atoms. The molecule has 4 heteroatoms. The lowest BCUT2D eigenvalue weighted by atomic mass is 10.0. The lowest BCUT2D eigenvalue weighted by molar-refractivity contribution is 1.24. The molecule has 0 fully saturated rings. The molecule has 0 saturated heterocycles. The first-order valence-corrected chi connectivity index (χ1v) is 10.4.